The van der Waals surface area contributed by atoms with Gasteiger partial charge >= 0.3 is 0 Å². The van der Waals surface area contributed by atoms with Crippen molar-refractivity contribution in [3.05, 3.63) is 126 Å². The Bertz CT molecular complexity index is 1300. The van der Waals surface area contributed by atoms with Crippen molar-refractivity contribution in [3.8, 4) is 22.4 Å². The third-order valence-electron chi connectivity index (χ3n) is 5.28. The first-order valence-electron chi connectivity index (χ1n) is 10.2. The molecule has 0 aliphatic carbocycles. The van der Waals surface area contributed by atoms with Gasteiger partial charge < -0.3 is 0 Å². The molecule has 0 N–H and O–H groups in total. The van der Waals surface area contributed by atoms with Gasteiger partial charge in [-0.25, -0.2) is 4.98 Å². The summed E-state index contributed by atoms with van der Waals surface area (Å²) in [7, 11) is 0. The van der Waals surface area contributed by atoms with Crippen molar-refractivity contribution in [3.63, 3.8) is 0 Å². The molecule has 0 bridgehead atoms. The minimum atomic E-state index is 1.00. The predicted octanol–water partition coefficient (Wildman–Crippen LogP) is 7.74. The van der Waals surface area contributed by atoms with E-state index in [9.17, 15) is 0 Å². The monoisotopic (exact) mass is 383 g/mol. The third kappa shape index (κ3) is 3.54. The van der Waals surface area contributed by atoms with E-state index in [0.717, 1.165) is 27.7 Å². The Morgan fingerprint density at radius 1 is 0.500 bits per heavy atom. The molecule has 0 unspecified atom stereocenters. The summed E-state index contributed by atoms with van der Waals surface area (Å²) in [6.45, 7) is 0. The topological polar surface area (TPSA) is 12.9 Å². The molecular weight excluding hydrogens is 362 g/mol. The molecule has 1 heterocycles. The summed E-state index contributed by atoms with van der Waals surface area (Å²) in [4.78, 5) is 5.10. The van der Waals surface area contributed by atoms with Crippen LogP contribution in [0.15, 0.2) is 115 Å². The Balaban J connectivity index is 1.85. The van der Waals surface area contributed by atoms with Crippen LogP contribution in [-0.2, 0) is 0 Å². The molecule has 0 fully saturated rings. The first-order chi connectivity index (χ1) is 14.9. The molecule has 142 valence electrons. The molecule has 0 saturated heterocycles. The Labute approximate surface area is 177 Å². The van der Waals surface area contributed by atoms with Crippen LogP contribution in [0.5, 0.6) is 0 Å². The summed E-state index contributed by atoms with van der Waals surface area (Å²) >= 11 is 0. The maximum absolute atomic E-state index is 5.10. The number of pyridine rings is 1. The Morgan fingerprint density at radius 3 is 1.77 bits per heavy atom. The van der Waals surface area contributed by atoms with E-state index in [4.69, 9.17) is 4.98 Å². The fraction of sp³-hybridized carbons (Fsp3) is 0. The van der Waals surface area contributed by atoms with Gasteiger partial charge in [-0.3, -0.25) is 0 Å². The number of nitrogens with zero attached hydrogens (tertiary/aromatic N) is 1. The molecule has 0 aliphatic heterocycles. The number of aromatic nitrogens is 1. The number of hydrogen-bond acceptors (Lipinski definition) is 1. The molecule has 1 heteroatoms. The van der Waals surface area contributed by atoms with E-state index in [2.05, 4.69) is 115 Å². The highest BCUT2D eigenvalue weighted by Gasteiger charge is 2.16. The van der Waals surface area contributed by atoms with Gasteiger partial charge in [-0.1, -0.05) is 121 Å². The van der Waals surface area contributed by atoms with Crippen molar-refractivity contribution >= 4 is 23.1 Å². The van der Waals surface area contributed by atoms with Crippen LogP contribution >= 0.6 is 0 Å². The second-order valence-corrected chi connectivity index (χ2v) is 7.24. The van der Waals surface area contributed by atoms with E-state index in [1.54, 1.807) is 0 Å². The molecule has 1 aromatic heterocycles. The average Bonchev–Trinajstić information content (AvgIpc) is 2.83. The maximum atomic E-state index is 5.10. The average molecular weight is 383 g/mol. The zero-order chi connectivity index (χ0) is 20.2. The smallest absolute Gasteiger partial charge is 0.0794 e. The molecule has 4 aromatic carbocycles. The molecule has 30 heavy (non-hydrogen) atoms. The van der Waals surface area contributed by atoms with Crippen LogP contribution in [0.2, 0.25) is 0 Å². The van der Waals surface area contributed by atoms with Crippen LogP contribution in [-0.4, -0.2) is 4.98 Å². The number of fused-ring (bicyclic) bond motifs is 1. The molecule has 0 spiro atoms. The van der Waals surface area contributed by atoms with Crippen molar-refractivity contribution in [2.24, 2.45) is 0 Å². The summed E-state index contributed by atoms with van der Waals surface area (Å²) in [6.07, 6.45) is 4.41. The van der Waals surface area contributed by atoms with Crippen molar-refractivity contribution in [2.75, 3.05) is 0 Å². The highest BCUT2D eigenvalue weighted by molar-refractivity contribution is 6.02. The maximum Gasteiger partial charge on any atom is 0.0794 e. The highest BCUT2D eigenvalue weighted by atomic mass is 14.7. The first kappa shape index (κ1) is 18.1. The summed E-state index contributed by atoms with van der Waals surface area (Å²) < 4.78 is 0. The minimum Gasteiger partial charge on any atom is -0.247 e. The van der Waals surface area contributed by atoms with Gasteiger partial charge in [0.05, 0.1) is 11.2 Å². The van der Waals surface area contributed by atoms with Crippen molar-refractivity contribution in [1.29, 1.82) is 0 Å². The number of benzene rings is 4. The predicted molar refractivity (Wildman–Crippen MR) is 128 cm³/mol. The van der Waals surface area contributed by atoms with Gasteiger partial charge in [-0.2, -0.15) is 0 Å². The van der Waals surface area contributed by atoms with Gasteiger partial charge in [0.1, 0.15) is 0 Å². The zero-order valence-electron chi connectivity index (χ0n) is 16.6. The number of rotatable bonds is 4. The van der Waals surface area contributed by atoms with E-state index < -0.39 is 0 Å². The molecule has 0 radical (unpaired) electrons. The standard InChI is InChI=1S/C29H21N/c1-4-12-22(13-5-1)20-21-26-25-18-10-11-19-27(25)30-29(24-16-8-3-9-17-24)28(26)23-14-6-2-7-15-23/h1-21H/b21-20+. The van der Waals surface area contributed by atoms with Crippen molar-refractivity contribution in [2.45, 2.75) is 0 Å². The van der Waals surface area contributed by atoms with Crippen LogP contribution < -0.4 is 0 Å². The molecular formula is C29H21N. The lowest BCUT2D eigenvalue weighted by Gasteiger charge is -2.16. The van der Waals surface area contributed by atoms with E-state index in [0.29, 0.717) is 0 Å². The fourth-order valence-corrected chi connectivity index (χ4v) is 3.86. The molecule has 0 aliphatic rings. The SMILES string of the molecule is C(=C\c1c(-c2ccccc2)c(-c2ccccc2)nc2ccccc12)/c1ccccc1. The van der Waals surface area contributed by atoms with E-state index in [1.165, 1.54) is 16.7 Å². The fourth-order valence-electron chi connectivity index (χ4n) is 3.86. The number of hydrogen-bond donors (Lipinski definition) is 0. The van der Waals surface area contributed by atoms with E-state index in [1.807, 2.05) is 12.1 Å². The largest absolute Gasteiger partial charge is 0.247 e. The van der Waals surface area contributed by atoms with Gasteiger partial charge in [0, 0.05) is 16.5 Å². The summed E-state index contributed by atoms with van der Waals surface area (Å²) in [6, 6.07) is 39.8. The first-order valence-corrected chi connectivity index (χ1v) is 10.2. The van der Waals surface area contributed by atoms with Crippen molar-refractivity contribution < 1.29 is 0 Å². The molecule has 1 nitrogen and oxygen atoms in total. The summed E-state index contributed by atoms with van der Waals surface area (Å²) in [5.74, 6) is 0. The summed E-state index contributed by atoms with van der Waals surface area (Å²) in [5.41, 5.74) is 7.83. The van der Waals surface area contributed by atoms with Gasteiger partial charge in [0.15, 0.2) is 0 Å². The zero-order valence-corrected chi connectivity index (χ0v) is 16.6. The van der Waals surface area contributed by atoms with Crippen LogP contribution in [0.25, 0.3) is 45.4 Å². The normalized spacial score (nSPS) is 11.2. The van der Waals surface area contributed by atoms with Crippen LogP contribution in [0, 0.1) is 0 Å². The summed E-state index contributed by atoms with van der Waals surface area (Å²) in [5, 5.41) is 1.16. The number of para-hydroxylation sites is 1. The van der Waals surface area contributed by atoms with E-state index in [-0.39, 0.29) is 0 Å². The molecule has 0 saturated carbocycles. The van der Waals surface area contributed by atoms with Gasteiger partial charge in [0.25, 0.3) is 0 Å². The van der Waals surface area contributed by atoms with Gasteiger partial charge in [0.2, 0.25) is 0 Å². The molecule has 5 rings (SSSR count). The Hall–Kier alpha value is -3.97. The second-order valence-electron chi connectivity index (χ2n) is 7.24. The van der Waals surface area contributed by atoms with Crippen LogP contribution in [0.3, 0.4) is 0 Å². The lowest BCUT2D eigenvalue weighted by molar-refractivity contribution is 1.39. The van der Waals surface area contributed by atoms with Gasteiger partial charge in [-0.15, -0.1) is 0 Å². The lowest BCUT2D eigenvalue weighted by Crippen LogP contribution is -1.95. The Morgan fingerprint density at radius 2 is 1.07 bits per heavy atom. The quantitative estimate of drug-likeness (QED) is 0.309. The second kappa shape index (κ2) is 8.18. The van der Waals surface area contributed by atoms with Crippen LogP contribution in [0.1, 0.15) is 11.1 Å². The van der Waals surface area contributed by atoms with Gasteiger partial charge in [-0.05, 0) is 22.8 Å². The minimum absolute atomic E-state index is 1.00. The lowest BCUT2D eigenvalue weighted by atomic mass is 9.91. The van der Waals surface area contributed by atoms with Crippen molar-refractivity contribution in [1.82, 2.24) is 4.98 Å². The Kier molecular flexibility index (Phi) is 4.93. The molecule has 5 aromatic rings. The third-order valence-corrected chi connectivity index (χ3v) is 5.28. The highest BCUT2D eigenvalue weighted by Crippen LogP contribution is 2.38. The van der Waals surface area contributed by atoms with Crippen LogP contribution in [0.4, 0.5) is 0 Å². The molecule has 0 amide bonds. The van der Waals surface area contributed by atoms with E-state index >= 15 is 0 Å². The molecule has 0 atom stereocenters.